The van der Waals surface area contributed by atoms with Crippen LogP contribution < -0.4 is 5.32 Å². The lowest BCUT2D eigenvalue weighted by Crippen LogP contribution is -2.24. The van der Waals surface area contributed by atoms with Gasteiger partial charge in [-0.2, -0.15) is 5.10 Å². The monoisotopic (exact) mass is 410 g/mol. The third kappa shape index (κ3) is 3.72. The third-order valence-electron chi connectivity index (χ3n) is 6.05. The molecule has 2 aromatic carbocycles. The quantitative estimate of drug-likeness (QED) is 0.495. The van der Waals surface area contributed by atoms with Gasteiger partial charge in [0.25, 0.3) is 5.91 Å². The molecule has 0 aliphatic heterocycles. The standard InChI is InChI=1S/C26H26N4O/c1-16-8-12-21(13-9-16)30-25-24(18(3)29-30)22(14-23(28-25)19-10-11-19)26(31)27-15-20-7-5-4-6-17(20)2/h4-9,12-14,19H,10-11,15H2,1-3H3,(H,27,31). The average molecular weight is 411 g/mol. The van der Waals surface area contributed by atoms with Gasteiger partial charge in [-0.15, -0.1) is 0 Å². The largest absolute Gasteiger partial charge is 0.348 e. The van der Waals surface area contributed by atoms with Crippen molar-refractivity contribution in [3.05, 3.63) is 88.2 Å². The Balaban J connectivity index is 1.58. The Labute approximate surface area is 182 Å². The maximum absolute atomic E-state index is 13.3. The molecule has 5 nitrogen and oxygen atoms in total. The van der Waals surface area contributed by atoms with Crippen molar-refractivity contribution in [3.8, 4) is 5.69 Å². The second kappa shape index (κ2) is 7.65. The maximum Gasteiger partial charge on any atom is 0.252 e. The fourth-order valence-corrected chi connectivity index (χ4v) is 4.02. The number of hydrogen-bond donors (Lipinski definition) is 1. The first-order chi connectivity index (χ1) is 15.0. The van der Waals surface area contributed by atoms with Crippen LogP contribution in [0, 0.1) is 20.8 Å². The molecule has 31 heavy (non-hydrogen) atoms. The van der Waals surface area contributed by atoms with Crippen molar-refractivity contribution in [1.82, 2.24) is 20.1 Å². The van der Waals surface area contributed by atoms with Gasteiger partial charge in [0.1, 0.15) is 0 Å². The zero-order valence-electron chi connectivity index (χ0n) is 18.1. The molecule has 5 heteroatoms. The minimum Gasteiger partial charge on any atom is -0.348 e. The Morgan fingerprint density at radius 3 is 2.52 bits per heavy atom. The molecule has 0 spiro atoms. The first-order valence-corrected chi connectivity index (χ1v) is 10.8. The van der Waals surface area contributed by atoms with Crippen molar-refractivity contribution >= 4 is 16.9 Å². The minimum atomic E-state index is -0.0795. The molecular formula is C26H26N4O. The number of carbonyl (C=O) groups is 1. The van der Waals surface area contributed by atoms with Crippen LogP contribution in [0.1, 0.15) is 57.2 Å². The Hall–Kier alpha value is -3.47. The molecule has 1 saturated carbocycles. The van der Waals surface area contributed by atoms with Crippen molar-refractivity contribution < 1.29 is 4.79 Å². The highest BCUT2D eigenvalue weighted by Crippen LogP contribution is 2.40. The smallest absolute Gasteiger partial charge is 0.252 e. The fraction of sp³-hybridized carbons (Fsp3) is 0.269. The first kappa shape index (κ1) is 19.5. The van der Waals surface area contributed by atoms with E-state index >= 15 is 0 Å². The summed E-state index contributed by atoms with van der Waals surface area (Å²) in [6.45, 7) is 6.58. The van der Waals surface area contributed by atoms with E-state index in [1.165, 1.54) is 11.1 Å². The number of aromatic nitrogens is 3. The van der Waals surface area contributed by atoms with E-state index in [1.807, 2.05) is 48.0 Å². The van der Waals surface area contributed by atoms with Crippen molar-refractivity contribution in [2.75, 3.05) is 0 Å². The molecule has 0 unspecified atom stereocenters. The van der Waals surface area contributed by atoms with Gasteiger partial charge in [-0.05, 0) is 62.9 Å². The SMILES string of the molecule is Cc1ccc(-n2nc(C)c3c(C(=O)NCc4ccccc4C)cc(C4CC4)nc32)cc1. The highest BCUT2D eigenvalue weighted by Gasteiger charge is 2.29. The molecule has 0 atom stereocenters. The molecule has 1 N–H and O–H groups in total. The molecule has 1 amide bonds. The van der Waals surface area contributed by atoms with Crippen LogP contribution in [0.3, 0.4) is 0 Å². The topological polar surface area (TPSA) is 59.8 Å². The zero-order valence-corrected chi connectivity index (χ0v) is 18.1. The van der Waals surface area contributed by atoms with Crippen LogP contribution in [0.2, 0.25) is 0 Å². The van der Waals surface area contributed by atoms with Crippen LogP contribution in [-0.2, 0) is 6.54 Å². The Kier molecular flexibility index (Phi) is 4.81. The minimum absolute atomic E-state index is 0.0795. The van der Waals surface area contributed by atoms with Gasteiger partial charge in [0, 0.05) is 18.2 Å². The second-order valence-electron chi connectivity index (χ2n) is 8.51. The summed E-state index contributed by atoms with van der Waals surface area (Å²) in [4.78, 5) is 18.3. The number of nitrogens with one attached hydrogen (secondary N) is 1. The Morgan fingerprint density at radius 1 is 1.06 bits per heavy atom. The Morgan fingerprint density at radius 2 is 1.81 bits per heavy atom. The second-order valence-corrected chi connectivity index (χ2v) is 8.51. The number of aryl methyl sites for hydroxylation is 3. The van der Waals surface area contributed by atoms with Crippen LogP contribution >= 0.6 is 0 Å². The van der Waals surface area contributed by atoms with Crippen molar-refractivity contribution in [2.45, 2.75) is 46.1 Å². The number of rotatable bonds is 5. The lowest BCUT2D eigenvalue weighted by molar-refractivity contribution is 0.0952. The van der Waals surface area contributed by atoms with Crippen molar-refractivity contribution in [3.63, 3.8) is 0 Å². The molecular weight excluding hydrogens is 384 g/mol. The lowest BCUT2D eigenvalue weighted by Gasteiger charge is -2.11. The first-order valence-electron chi connectivity index (χ1n) is 10.8. The summed E-state index contributed by atoms with van der Waals surface area (Å²) in [7, 11) is 0. The summed E-state index contributed by atoms with van der Waals surface area (Å²) >= 11 is 0. The molecule has 1 fully saturated rings. The van der Waals surface area contributed by atoms with E-state index in [4.69, 9.17) is 10.1 Å². The van der Waals surface area contributed by atoms with E-state index in [1.54, 1.807) is 0 Å². The van der Waals surface area contributed by atoms with Gasteiger partial charge in [0.15, 0.2) is 5.65 Å². The number of benzene rings is 2. The van der Waals surface area contributed by atoms with Gasteiger partial charge < -0.3 is 5.32 Å². The predicted octanol–water partition coefficient (Wildman–Crippen LogP) is 5.15. The number of nitrogens with zero attached hydrogens (tertiary/aromatic N) is 3. The third-order valence-corrected chi connectivity index (χ3v) is 6.05. The van der Waals surface area contributed by atoms with Crippen LogP contribution in [-0.4, -0.2) is 20.7 Å². The van der Waals surface area contributed by atoms with E-state index in [2.05, 4.69) is 37.4 Å². The van der Waals surface area contributed by atoms with Gasteiger partial charge in [-0.25, -0.2) is 9.67 Å². The summed E-state index contributed by atoms with van der Waals surface area (Å²) in [5, 5.41) is 8.70. The number of pyridine rings is 1. The molecule has 1 aliphatic rings. The number of carbonyl (C=O) groups excluding carboxylic acids is 1. The van der Waals surface area contributed by atoms with E-state index < -0.39 is 0 Å². The van der Waals surface area contributed by atoms with Crippen LogP contribution in [0.4, 0.5) is 0 Å². The van der Waals surface area contributed by atoms with Gasteiger partial charge in [-0.3, -0.25) is 4.79 Å². The number of fused-ring (bicyclic) bond motifs is 1. The van der Waals surface area contributed by atoms with Gasteiger partial charge >= 0.3 is 0 Å². The highest BCUT2D eigenvalue weighted by atomic mass is 16.1. The summed E-state index contributed by atoms with van der Waals surface area (Å²) in [6, 6.07) is 18.3. The van der Waals surface area contributed by atoms with Crippen LogP contribution in [0.25, 0.3) is 16.7 Å². The summed E-state index contributed by atoms with van der Waals surface area (Å²) in [5.74, 6) is 0.359. The molecule has 5 rings (SSSR count). The highest BCUT2D eigenvalue weighted by molar-refractivity contribution is 6.06. The predicted molar refractivity (Wildman–Crippen MR) is 123 cm³/mol. The maximum atomic E-state index is 13.3. The van der Waals surface area contributed by atoms with Gasteiger partial charge in [0.2, 0.25) is 0 Å². The summed E-state index contributed by atoms with van der Waals surface area (Å²) in [5.41, 5.74) is 7.66. The normalized spacial score (nSPS) is 13.5. The van der Waals surface area contributed by atoms with Crippen molar-refractivity contribution in [2.24, 2.45) is 0 Å². The van der Waals surface area contributed by atoms with Gasteiger partial charge in [0.05, 0.1) is 22.3 Å². The fourth-order valence-electron chi connectivity index (χ4n) is 4.02. The average Bonchev–Trinajstić information content (AvgIpc) is 3.57. The molecule has 0 radical (unpaired) electrons. The molecule has 0 saturated heterocycles. The molecule has 2 heterocycles. The van der Waals surface area contributed by atoms with Crippen molar-refractivity contribution in [1.29, 1.82) is 0 Å². The molecule has 156 valence electrons. The number of amides is 1. The van der Waals surface area contributed by atoms with E-state index in [0.717, 1.165) is 46.5 Å². The molecule has 4 aromatic rings. The summed E-state index contributed by atoms with van der Waals surface area (Å²) < 4.78 is 1.87. The van der Waals surface area contributed by atoms with Crippen LogP contribution in [0.15, 0.2) is 54.6 Å². The van der Waals surface area contributed by atoms with Gasteiger partial charge in [-0.1, -0.05) is 42.0 Å². The van der Waals surface area contributed by atoms with E-state index in [-0.39, 0.29) is 5.91 Å². The molecule has 0 bridgehead atoms. The molecule has 2 aromatic heterocycles. The van der Waals surface area contributed by atoms with Crippen LogP contribution in [0.5, 0.6) is 0 Å². The Bertz CT molecular complexity index is 1280. The van der Waals surface area contributed by atoms with E-state index in [9.17, 15) is 4.79 Å². The number of hydrogen-bond acceptors (Lipinski definition) is 3. The summed E-state index contributed by atoms with van der Waals surface area (Å²) in [6.07, 6.45) is 2.25. The zero-order chi connectivity index (χ0) is 21.5. The van der Waals surface area contributed by atoms with E-state index in [0.29, 0.717) is 18.0 Å². The lowest BCUT2D eigenvalue weighted by atomic mass is 10.1. The molecule has 1 aliphatic carbocycles.